The van der Waals surface area contributed by atoms with Crippen molar-refractivity contribution in [2.75, 3.05) is 0 Å². The second-order valence-corrected chi connectivity index (χ2v) is 3.17. The lowest BCUT2D eigenvalue weighted by Gasteiger charge is -2.01. The molecule has 0 amide bonds. The molecule has 0 N–H and O–H groups in total. The SMILES string of the molecule is Cc1ccc2cnccc2c1Cl. The fourth-order valence-corrected chi connectivity index (χ4v) is 1.47. The van der Waals surface area contributed by atoms with Crippen LogP contribution in [0.1, 0.15) is 5.56 Å². The van der Waals surface area contributed by atoms with Gasteiger partial charge in [-0.05, 0) is 18.6 Å². The Morgan fingerprint density at radius 1 is 1.25 bits per heavy atom. The van der Waals surface area contributed by atoms with E-state index in [1.807, 2.05) is 31.3 Å². The van der Waals surface area contributed by atoms with Gasteiger partial charge in [-0.25, -0.2) is 0 Å². The molecule has 0 atom stereocenters. The quantitative estimate of drug-likeness (QED) is 0.602. The highest BCUT2D eigenvalue weighted by Gasteiger charge is 2.00. The lowest BCUT2D eigenvalue weighted by Crippen LogP contribution is -1.79. The maximum atomic E-state index is 6.10. The van der Waals surface area contributed by atoms with Crippen molar-refractivity contribution in [3.8, 4) is 0 Å². The molecule has 0 saturated heterocycles. The summed E-state index contributed by atoms with van der Waals surface area (Å²) in [7, 11) is 0. The molecule has 1 aromatic carbocycles. The zero-order valence-electron chi connectivity index (χ0n) is 6.71. The van der Waals surface area contributed by atoms with E-state index in [1.165, 1.54) is 0 Å². The van der Waals surface area contributed by atoms with Gasteiger partial charge in [0.2, 0.25) is 0 Å². The Morgan fingerprint density at radius 3 is 2.92 bits per heavy atom. The Morgan fingerprint density at radius 2 is 2.08 bits per heavy atom. The van der Waals surface area contributed by atoms with Crippen molar-refractivity contribution in [3.63, 3.8) is 0 Å². The van der Waals surface area contributed by atoms with Gasteiger partial charge in [-0.3, -0.25) is 4.98 Å². The van der Waals surface area contributed by atoms with Crippen LogP contribution in [-0.2, 0) is 0 Å². The van der Waals surface area contributed by atoms with Gasteiger partial charge in [-0.2, -0.15) is 0 Å². The molecule has 1 aromatic heterocycles. The first-order valence-corrected chi connectivity index (χ1v) is 4.15. The minimum atomic E-state index is 0.829. The monoisotopic (exact) mass is 177 g/mol. The topological polar surface area (TPSA) is 12.9 Å². The van der Waals surface area contributed by atoms with Crippen LogP contribution in [0.15, 0.2) is 30.6 Å². The molecular formula is C10H8ClN. The zero-order valence-corrected chi connectivity index (χ0v) is 7.47. The number of halogens is 1. The van der Waals surface area contributed by atoms with Gasteiger partial charge in [0.05, 0.1) is 5.02 Å². The molecule has 12 heavy (non-hydrogen) atoms. The normalized spacial score (nSPS) is 10.5. The standard InChI is InChI=1S/C10H8ClN/c1-7-2-3-8-6-12-5-4-9(8)10(7)11/h2-6H,1H3. The molecule has 0 saturated carbocycles. The summed E-state index contributed by atoms with van der Waals surface area (Å²) < 4.78 is 0. The lowest BCUT2D eigenvalue weighted by atomic mass is 10.1. The van der Waals surface area contributed by atoms with Crippen LogP contribution in [0.5, 0.6) is 0 Å². The second-order valence-electron chi connectivity index (χ2n) is 2.79. The van der Waals surface area contributed by atoms with Crippen LogP contribution in [0.25, 0.3) is 10.8 Å². The van der Waals surface area contributed by atoms with Crippen LogP contribution < -0.4 is 0 Å². The van der Waals surface area contributed by atoms with Crippen molar-refractivity contribution < 1.29 is 0 Å². The van der Waals surface area contributed by atoms with Gasteiger partial charge in [0.15, 0.2) is 0 Å². The van der Waals surface area contributed by atoms with Crippen molar-refractivity contribution in [2.45, 2.75) is 6.92 Å². The molecule has 0 aliphatic heterocycles. The number of hydrogen-bond donors (Lipinski definition) is 0. The van der Waals surface area contributed by atoms with Gasteiger partial charge >= 0.3 is 0 Å². The van der Waals surface area contributed by atoms with Crippen LogP contribution in [0, 0.1) is 6.92 Å². The van der Waals surface area contributed by atoms with Crippen LogP contribution in [-0.4, -0.2) is 4.98 Å². The molecule has 60 valence electrons. The number of benzene rings is 1. The molecule has 0 radical (unpaired) electrons. The Balaban J connectivity index is 2.91. The molecule has 0 bridgehead atoms. The summed E-state index contributed by atoms with van der Waals surface area (Å²) in [6, 6.07) is 5.97. The molecule has 0 aliphatic rings. The van der Waals surface area contributed by atoms with E-state index in [-0.39, 0.29) is 0 Å². The van der Waals surface area contributed by atoms with Gasteiger partial charge in [0, 0.05) is 23.2 Å². The first-order valence-electron chi connectivity index (χ1n) is 3.78. The Kier molecular flexibility index (Phi) is 1.74. The molecule has 2 heteroatoms. The van der Waals surface area contributed by atoms with Crippen LogP contribution >= 0.6 is 11.6 Å². The largest absolute Gasteiger partial charge is 0.264 e. The summed E-state index contributed by atoms with van der Waals surface area (Å²) in [5.74, 6) is 0. The molecule has 0 unspecified atom stereocenters. The molecule has 1 nitrogen and oxygen atoms in total. The van der Waals surface area contributed by atoms with E-state index >= 15 is 0 Å². The molecule has 2 aromatic rings. The predicted molar refractivity (Wildman–Crippen MR) is 51.5 cm³/mol. The highest BCUT2D eigenvalue weighted by molar-refractivity contribution is 6.36. The maximum absolute atomic E-state index is 6.10. The predicted octanol–water partition coefficient (Wildman–Crippen LogP) is 3.20. The number of aromatic nitrogens is 1. The lowest BCUT2D eigenvalue weighted by molar-refractivity contribution is 1.36. The van der Waals surface area contributed by atoms with Crippen LogP contribution in [0.4, 0.5) is 0 Å². The fourth-order valence-electron chi connectivity index (χ4n) is 1.24. The number of hydrogen-bond acceptors (Lipinski definition) is 1. The molecule has 0 spiro atoms. The number of rotatable bonds is 0. The summed E-state index contributed by atoms with van der Waals surface area (Å²) in [5.41, 5.74) is 1.11. The van der Waals surface area contributed by atoms with Crippen LogP contribution in [0.2, 0.25) is 5.02 Å². The third-order valence-electron chi connectivity index (χ3n) is 1.95. The first-order chi connectivity index (χ1) is 5.79. The van der Waals surface area contributed by atoms with Crippen molar-refractivity contribution in [1.82, 2.24) is 4.98 Å². The number of nitrogens with zero attached hydrogens (tertiary/aromatic N) is 1. The second kappa shape index (κ2) is 2.76. The Labute approximate surface area is 76.0 Å². The molecule has 1 heterocycles. The van der Waals surface area contributed by atoms with Gasteiger partial charge in [-0.1, -0.05) is 23.7 Å². The van der Waals surface area contributed by atoms with Crippen molar-refractivity contribution in [2.24, 2.45) is 0 Å². The summed E-state index contributed by atoms with van der Waals surface area (Å²) >= 11 is 6.10. The molecular weight excluding hydrogens is 170 g/mol. The molecule has 0 fully saturated rings. The summed E-state index contributed by atoms with van der Waals surface area (Å²) in [4.78, 5) is 4.03. The van der Waals surface area contributed by atoms with Crippen molar-refractivity contribution in [3.05, 3.63) is 41.2 Å². The van der Waals surface area contributed by atoms with E-state index < -0.39 is 0 Å². The molecule has 2 rings (SSSR count). The summed E-state index contributed by atoms with van der Waals surface area (Å²) in [6.45, 7) is 2.00. The first kappa shape index (κ1) is 7.56. The fraction of sp³-hybridized carbons (Fsp3) is 0.100. The number of aryl methyl sites for hydroxylation is 1. The van der Waals surface area contributed by atoms with Crippen LogP contribution in [0.3, 0.4) is 0 Å². The number of fused-ring (bicyclic) bond motifs is 1. The summed E-state index contributed by atoms with van der Waals surface area (Å²) in [6.07, 6.45) is 3.58. The third kappa shape index (κ3) is 1.07. The smallest absolute Gasteiger partial charge is 0.0514 e. The minimum Gasteiger partial charge on any atom is -0.264 e. The Bertz CT molecular complexity index is 423. The minimum absolute atomic E-state index is 0.829. The zero-order chi connectivity index (χ0) is 8.55. The van der Waals surface area contributed by atoms with E-state index in [1.54, 1.807) is 6.20 Å². The average Bonchev–Trinajstić information content (AvgIpc) is 2.12. The van der Waals surface area contributed by atoms with E-state index in [2.05, 4.69) is 4.98 Å². The highest BCUT2D eigenvalue weighted by Crippen LogP contribution is 2.25. The maximum Gasteiger partial charge on any atom is 0.0514 e. The van der Waals surface area contributed by atoms with Gasteiger partial charge < -0.3 is 0 Å². The van der Waals surface area contributed by atoms with E-state index in [4.69, 9.17) is 11.6 Å². The van der Waals surface area contributed by atoms with Crippen molar-refractivity contribution >= 4 is 22.4 Å². The highest BCUT2D eigenvalue weighted by atomic mass is 35.5. The Hall–Kier alpha value is -1.08. The summed E-state index contributed by atoms with van der Waals surface area (Å²) in [5, 5.41) is 3.00. The number of pyridine rings is 1. The molecule has 0 aliphatic carbocycles. The third-order valence-corrected chi connectivity index (χ3v) is 2.45. The van der Waals surface area contributed by atoms with E-state index in [0.29, 0.717) is 0 Å². The van der Waals surface area contributed by atoms with E-state index in [9.17, 15) is 0 Å². The van der Waals surface area contributed by atoms with E-state index in [0.717, 1.165) is 21.4 Å². The van der Waals surface area contributed by atoms with Gasteiger partial charge in [0.25, 0.3) is 0 Å². The van der Waals surface area contributed by atoms with Gasteiger partial charge in [0.1, 0.15) is 0 Å². The average molecular weight is 178 g/mol. The van der Waals surface area contributed by atoms with Crippen molar-refractivity contribution in [1.29, 1.82) is 0 Å². The van der Waals surface area contributed by atoms with Gasteiger partial charge in [-0.15, -0.1) is 0 Å².